The molecule has 0 bridgehead atoms. The molecule has 0 saturated carbocycles. The van der Waals surface area contributed by atoms with Crippen molar-refractivity contribution < 1.29 is 14.6 Å². The van der Waals surface area contributed by atoms with E-state index >= 15 is 0 Å². The number of aromatic nitrogens is 2. The number of aromatic hydroxyl groups is 1. The molecule has 17 heavy (non-hydrogen) atoms. The molecule has 4 N–H and O–H groups in total. The van der Waals surface area contributed by atoms with Crippen LogP contribution in [0.2, 0.25) is 0 Å². The lowest BCUT2D eigenvalue weighted by Gasteiger charge is -2.08. The van der Waals surface area contributed by atoms with E-state index in [1.165, 1.54) is 0 Å². The topological polar surface area (TPSA) is 93.4 Å². The molecule has 0 spiro atoms. The molecule has 88 valence electrons. The molecule has 2 aromatic rings. The van der Waals surface area contributed by atoms with Crippen molar-refractivity contribution in [3.63, 3.8) is 0 Å². The van der Waals surface area contributed by atoms with E-state index in [1.807, 2.05) is 0 Å². The van der Waals surface area contributed by atoms with Crippen molar-refractivity contribution in [1.82, 2.24) is 10.2 Å². The maximum absolute atomic E-state index is 10.1. The van der Waals surface area contributed by atoms with Crippen LogP contribution in [0.15, 0.2) is 16.7 Å². The van der Waals surface area contributed by atoms with Crippen LogP contribution in [0.25, 0.3) is 11.1 Å². The summed E-state index contributed by atoms with van der Waals surface area (Å²) in [7, 11) is 0. The molecule has 3 rings (SSSR count). The zero-order chi connectivity index (χ0) is 12.0. The van der Waals surface area contributed by atoms with Crippen LogP contribution in [0, 0.1) is 0 Å². The van der Waals surface area contributed by atoms with Crippen LogP contribution in [0.3, 0.4) is 0 Å². The Morgan fingerprint density at radius 1 is 1.41 bits per heavy atom. The Hall–Kier alpha value is -1.89. The van der Waals surface area contributed by atoms with Crippen molar-refractivity contribution in [2.45, 2.75) is 0 Å². The first-order chi connectivity index (χ1) is 8.18. The number of hydrogen-bond donors (Lipinski definition) is 3. The highest BCUT2D eigenvalue weighted by molar-refractivity contribution is 9.10. The fourth-order valence-corrected chi connectivity index (χ4v) is 2.23. The van der Waals surface area contributed by atoms with Gasteiger partial charge in [-0.25, -0.2) is 0 Å². The molecular weight excluding hydrogens is 290 g/mol. The molecule has 0 atom stereocenters. The number of H-pyrrole nitrogens is 1. The third kappa shape index (κ3) is 1.42. The van der Waals surface area contributed by atoms with Crippen molar-refractivity contribution in [3.8, 4) is 28.4 Å². The van der Waals surface area contributed by atoms with Gasteiger partial charge in [0.2, 0.25) is 6.79 Å². The molecule has 1 aromatic heterocycles. The largest absolute Gasteiger partial charge is 0.506 e. The average molecular weight is 298 g/mol. The van der Waals surface area contributed by atoms with Gasteiger partial charge in [-0.3, -0.25) is 5.10 Å². The van der Waals surface area contributed by atoms with Gasteiger partial charge < -0.3 is 20.3 Å². The second-order valence-corrected chi connectivity index (χ2v) is 4.31. The van der Waals surface area contributed by atoms with E-state index in [9.17, 15) is 5.11 Å². The van der Waals surface area contributed by atoms with Gasteiger partial charge in [0.1, 0.15) is 16.0 Å². The maximum atomic E-state index is 10.1. The molecule has 7 heteroatoms. The van der Waals surface area contributed by atoms with E-state index < -0.39 is 0 Å². The smallest absolute Gasteiger partial charge is 0.231 e. The monoisotopic (exact) mass is 297 g/mol. The minimum atomic E-state index is 0.0438. The summed E-state index contributed by atoms with van der Waals surface area (Å²) in [4.78, 5) is 0. The number of aromatic amines is 1. The molecule has 0 aliphatic carbocycles. The van der Waals surface area contributed by atoms with E-state index in [0.29, 0.717) is 32.9 Å². The van der Waals surface area contributed by atoms with Crippen molar-refractivity contribution >= 4 is 21.7 Å². The number of anilines is 1. The standard InChI is InChI=1S/C10H8BrN3O3/c11-7-8(15)4(5-2-13-14-10(5)12)1-6-9(7)17-3-16-6/h1-2,15H,3H2,(H3,12,13,14). The molecule has 6 nitrogen and oxygen atoms in total. The van der Waals surface area contributed by atoms with Crippen LogP contribution < -0.4 is 15.2 Å². The number of benzene rings is 1. The third-order valence-electron chi connectivity index (χ3n) is 2.54. The summed E-state index contributed by atoms with van der Waals surface area (Å²) in [5, 5.41) is 16.5. The molecule has 0 radical (unpaired) electrons. The summed E-state index contributed by atoms with van der Waals surface area (Å²) in [6, 6.07) is 1.67. The van der Waals surface area contributed by atoms with Gasteiger partial charge in [0, 0.05) is 11.1 Å². The zero-order valence-electron chi connectivity index (χ0n) is 8.53. The minimum absolute atomic E-state index is 0.0438. The highest BCUT2D eigenvalue weighted by Crippen LogP contribution is 2.49. The van der Waals surface area contributed by atoms with Crippen LogP contribution in [-0.2, 0) is 0 Å². The Labute approximate surface area is 104 Å². The maximum Gasteiger partial charge on any atom is 0.231 e. The number of fused-ring (bicyclic) bond motifs is 1. The first kappa shape index (κ1) is 10.3. The number of nitrogens with zero attached hydrogens (tertiary/aromatic N) is 1. The summed E-state index contributed by atoms with van der Waals surface area (Å²) < 4.78 is 11.0. The molecule has 2 heterocycles. The summed E-state index contributed by atoms with van der Waals surface area (Å²) in [5.41, 5.74) is 6.87. The van der Waals surface area contributed by atoms with Gasteiger partial charge in [0.15, 0.2) is 11.5 Å². The van der Waals surface area contributed by atoms with Crippen LogP contribution in [0.1, 0.15) is 0 Å². The summed E-state index contributed by atoms with van der Waals surface area (Å²) in [6.07, 6.45) is 1.54. The quantitative estimate of drug-likeness (QED) is 0.747. The van der Waals surface area contributed by atoms with Crippen molar-refractivity contribution in [3.05, 3.63) is 16.7 Å². The lowest BCUT2D eigenvalue weighted by atomic mass is 10.1. The number of phenolic OH excluding ortho intramolecular Hbond substituents is 1. The highest BCUT2D eigenvalue weighted by atomic mass is 79.9. The number of nitrogens with one attached hydrogen (secondary N) is 1. The van der Waals surface area contributed by atoms with Gasteiger partial charge in [-0.15, -0.1) is 0 Å². The van der Waals surface area contributed by atoms with Crippen LogP contribution >= 0.6 is 15.9 Å². The van der Waals surface area contributed by atoms with Crippen molar-refractivity contribution in [2.75, 3.05) is 12.5 Å². The zero-order valence-corrected chi connectivity index (χ0v) is 10.1. The van der Waals surface area contributed by atoms with Gasteiger partial charge in [0.25, 0.3) is 0 Å². The predicted molar refractivity (Wildman–Crippen MR) is 63.9 cm³/mol. The number of nitrogens with two attached hydrogens (primary N) is 1. The van der Waals surface area contributed by atoms with E-state index in [1.54, 1.807) is 12.3 Å². The number of ether oxygens (including phenoxy) is 2. The summed E-state index contributed by atoms with van der Waals surface area (Å²) in [5.74, 6) is 1.48. The molecule has 0 fully saturated rings. The fourth-order valence-electron chi connectivity index (χ4n) is 1.71. The lowest BCUT2D eigenvalue weighted by Crippen LogP contribution is -1.93. The highest BCUT2D eigenvalue weighted by Gasteiger charge is 2.24. The molecule has 0 saturated heterocycles. The first-order valence-corrected chi connectivity index (χ1v) is 5.58. The minimum Gasteiger partial charge on any atom is -0.506 e. The second kappa shape index (κ2) is 3.56. The number of rotatable bonds is 1. The Balaban J connectivity index is 2.25. The van der Waals surface area contributed by atoms with Gasteiger partial charge in [-0.1, -0.05) is 0 Å². The molecular formula is C10H8BrN3O3. The lowest BCUT2D eigenvalue weighted by molar-refractivity contribution is 0.173. The van der Waals surface area contributed by atoms with Gasteiger partial charge in [-0.2, -0.15) is 5.10 Å². The van der Waals surface area contributed by atoms with E-state index in [2.05, 4.69) is 26.1 Å². The first-order valence-electron chi connectivity index (χ1n) is 4.78. The fraction of sp³-hybridized carbons (Fsp3) is 0.100. The van der Waals surface area contributed by atoms with Gasteiger partial charge in [-0.05, 0) is 22.0 Å². The Morgan fingerprint density at radius 2 is 2.24 bits per heavy atom. The van der Waals surface area contributed by atoms with Crippen molar-refractivity contribution in [2.24, 2.45) is 0 Å². The van der Waals surface area contributed by atoms with Gasteiger partial charge in [0.05, 0.1) is 6.20 Å². The number of halogens is 1. The van der Waals surface area contributed by atoms with Crippen LogP contribution in [-0.4, -0.2) is 22.1 Å². The Kier molecular flexibility index (Phi) is 2.15. The van der Waals surface area contributed by atoms with E-state index in [-0.39, 0.29) is 12.5 Å². The van der Waals surface area contributed by atoms with Crippen LogP contribution in [0.4, 0.5) is 5.82 Å². The van der Waals surface area contributed by atoms with Gasteiger partial charge >= 0.3 is 0 Å². The predicted octanol–water partition coefficient (Wildman–Crippen LogP) is 1.86. The van der Waals surface area contributed by atoms with Crippen LogP contribution in [0.5, 0.6) is 17.2 Å². The normalized spacial score (nSPS) is 13.0. The van der Waals surface area contributed by atoms with E-state index in [4.69, 9.17) is 15.2 Å². The summed E-state index contributed by atoms with van der Waals surface area (Å²) in [6.45, 7) is 0.137. The third-order valence-corrected chi connectivity index (χ3v) is 3.27. The molecule has 0 unspecified atom stereocenters. The number of hydrogen-bond acceptors (Lipinski definition) is 5. The Morgan fingerprint density at radius 3 is 2.94 bits per heavy atom. The SMILES string of the molecule is Nc1[nH]ncc1-c1cc2c(c(Br)c1O)OCO2. The molecule has 1 aromatic carbocycles. The average Bonchev–Trinajstić information content (AvgIpc) is 2.92. The summed E-state index contributed by atoms with van der Waals surface area (Å²) >= 11 is 3.27. The number of nitrogen functional groups attached to an aromatic ring is 1. The van der Waals surface area contributed by atoms with Crippen molar-refractivity contribution in [1.29, 1.82) is 0 Å². The molecule has 1 aliphatic heterocycles. The molecule has 0 amide bonds. The number of phenols is 1. The second-order valence-electron chi connectivity index (χ2n) is 3.52. The Bertz CT molecular complexity index is 597. The van der Waals surface area contributed by atoms with E-state index in [0.717, 1.165) is 0 Å². The molecule has 1 aliphatic rings.